The summed E-state index contributed by atoms with van der Waals surface area (Å²) in [6.07, 6.45) is -2.88. The van der Waals surface area contributed by atoms with Crippen LogP contribution in [0.2, 0.25) is 0 Å². The highest BCUT2D eigenvalue weighted by Crippen LogP contribution is 2.30. The van der Waals surface area contributed by atoms with Gasteiger partial charge in [0.15, 0.2) is 0 Å². The third-order valence-electron chi connectivity index (χ3n) is 2.21. The Labute approximate surface area is 107 Å². The standard InChI is InChI=1S/C11H12F2N2O4/c1-2-19-10(16)6-14-9-4-3-7(15(17)18)5-8(9)11(12)13/h3-5,11,14H,2,6H2,1H3. The number of benzene rings is 1. The molecule has 1 N–H and O–H groups in total. The molecule has 0 spiro atoms. The number of non-ortho nitro benzene ring substituents is 1. The average molecular weight is 274 g/mol. The van der Waals surface area contributed by atoms with E-state index in [9.17, 15) is 23.7 Å². The number of hydrogen-bond acceptors (Lipinski definition) is 5. The number of halogens is 2. The molecule has 0 saturated carbocycles. The van der Waals surface area contributed by atoms with Gasteiger partial charge < -0.3 is 10.1 Å². The van der Waals surface area contributed by atoms with Crippen LogP contribution in [0.3, 0.4) is 0 Å². The van der Waals surface area contributed by atoms with Crippen molar-refractivity contribution in [2.24, 2.45) is 0 Å². The van der Waals surface area contributed by atoms with E-state index in [0.29, 0.717) is 0 Å². The van der Waals surface area contributed by atoms with E-state index in [0.717, 1.165) is 18.2 Å². The summed E-state index contributed by atoms with van der Waals surface area (Å²) in [4.78, 5) is 20.8. The Bertz CT molecular complexity index is 480. The fourth-order valence-corrected chi connectivity index (χ4v) is 1.38. The van der Waals surface area contributed by atoms with Crippen molar-refractivity contribution in [3.8, 4) is 0 Å². The number of nitrogens with zero attached hydrogens (tertiary/aromatic N) is 1. The van der Waals surface area contributed by atoms with Gasteiger partial charge in [0.05, 0.1) is 11.5 Å². The van der Waals surface area contributed by atoms with Crippen molar-refractivity contribution >= 4 is 17.3 Å². The number of anilines is 1. The minimum absolute atomic E-state index is 0.0337. The summed E-state index contributed by atoms with van der Waals surface area (Å²) in [6, 6.07) is 3.00. The molecule has 1 aromatic carbocycles. The van der Waals surface area contributed by atoms with E-state index in [-0.39, 0.29) is 18.8 Å². The number of carbonyl (C=O) groups excluding carboxylic acids is 1. The van der Waals surface area contributed by atoms with Crippen molar-refractivity contribution < 1.29 is 23.2 Å². The first kappa shape index (κ1) is 14.8. The van der Waals surface area contributed by atoms with Crippen LogP contribution in [0.5, 0.6) is 0 Å². The van der Waals surface area contributed by atoms with Crippen LogP contribution in [0.1, 0.15) is 18.9 Å². The molecule has 0 aromatic heterocycles. The van der Waals surface area contributed by atoms with Crippen molar-refractivity contribution in [3.63, 3.8) is 0 Å². The molecule has 19 heavy (non-hydrogen) atoms. The van der Waals surface area contributed by atoms with Gasteiger partial charge in [0.25, 0.3) is 12.1 Å². The van der Waals surface area contributed by atoms with Crippen molar-refractivity contribution in [2.75, 3.05) is 18.5 Å². The van der Waals surface area contributed by atoms with E-state index < -0.39 is 28.6 Å². The number of nitrogens with one attached hydrogen (secondary N) is 1. The molecular formula is C11H12F2N2O4. The highest BCUT2D eigenvalue weighted by molar-refractivity contribution is 5.75. The van der Waals surface area contributed by atoms with Gasteiger partial charge >= 0.3 is 5.97 Å². The molecule has 1 aromatic rings. The zero-order valence-corrected chi connectivity index (χ0v) is 10.1. The second-order valence-corrected chi connectivity index (χ2v) is 3.49. The maximum Gasteiger partial charge on any atom is 0.325 e. The van der Waals surface area contributed by atoms with Gasteiger partial charge in [-0.15, -0.1) is 0 Å². The maximum atomic E-state index is 12.8. The number of nitro groups is 1. The fraction of sp³-hybridized carbons (Fsp3) is 0.364. The Morgan fingerprint density at radius 2 is 2.21 bits per heavy atom. The Balaban J connectivity index is 2.88. The van der Waals surface area contributed by atoms with Gasteiger partial charge in [0.2, 0.25) is 0 Å². The van der Waals surface area contributed by atoms with Crippen LogP contribution in [-0.2, 0) is 9.53 Å². The molecule has 0 atom stereocenters. The predicted octanol–water partition coefficient (Wildman–Crippen LogP) is 2.51. The third kappa shape index (κ3) is 4.16. The summed E-state index contributed by atoms with van der Waals surface area (Å²) in [5.41, 5.74) is -0.996. The van der Waals surface area contributed by atoms with E-state index in [1.54, 1.807) is 6.92 Å². The van der Waals surface area contributed by atoms with Crippen molar-refractivity contribution in [1.29, 1.82) is 0 Å². The monoisotopic (exact) mass is 274 g/mol. The maximum absolute atomic E-state index is 12.8. The van der Waals surface area contributed by atoms with Crippen LogP contribution in [0, 0.1) is 10.1 Å². The van der Waals surface area contributed by atoms with Gasteiger partial charge in [0.1, 0.15) is 6.54 Å². The van der Waals surface area contributed by atoms with Crippen molar-refractivity contribution in [3.05, 3.63) is 33.9 Å². The number of rotatable bonds is 6. The lowest BCUT2D eigenvalue weighted by atomic mass is 10.1. The zero-order chi connectivity index (χ0) is 14.4. The molecule has 0 aliphatic heterocycles. The number of hydrogen-bond donors (Lipinski definition) is 1. The van der Waals surface area contributed by atoms with Gasteiger partial charge in [-0.3, -0.25) is 14.9 Å². The van der Waals surface area contributed by atoms with Gasteiger partial charge in [-0.1, -0.05) is 0 Å². The Morgan fingerprint density at radius 3 is 2.74 bits per heavy atom. The summed E-state index contributed by atoms with van der Waals surface area (Å²) in [5.74, 6) is -0.596. The zero-order valence-electron chi connectivity index (χ0n) is 10.1. The summed E-state index contributed by atoms with van der Waals surface area (Å²) < 4.78 is 30.2. The summed E-state index contributed by atoms with van der Waals surface area (Å²) in [6.45, 7) is 1.52. The molecule has 6 nitrogen and oxygen atoms in total. The molecule has 0 unspecified atom stereocenters. The van der Waals surface area contributed by atoms with Crippen molar-refractivity contribution in [1.82, 2.24) is 0 Å². The molecule has 0 saturated heterocycles. The minimum Gasteiger partial charge on any atom is -0.465 e. The first-order valence-electron chi connectivity index (χ1n) is 5.41. The van der Waals surface area contributed by atoms with Crippen LogP contribution in [0.15, 0.2) is 18.2 Å². The largest absolute Gasteiger partial charge is 0.465 e. The van der Waals surface area contributed by atoms with Crippen LogP contribution in [0.25, 0.3) is 0 Å². The Morgan fingerprint density at radius 1 is 1.53 bits per heavy atom. The number of esters is 1. The van der Waals surface area contributed by atoms with Crippen LogP contribution >= 0.6 is 0 Å². The third-order valence-corrected chi connectivity index (χ3v) is 2.21. The first-order valence-corrected chi connectivity index (χ1v) is 5.41. The van der Waals surface area contributed by atoms with E-state index in [1.807, 2.05) is 0 Å². The quantitative estimate of drug-likeness (QED) is 0.489. The normalized spacial score (nSPS) is 10.3. The molecule has 0 heterocycles. The van der Waals surface area contributed by atoms with Gasteiger partial charge in [-0.25, -0.2) is 8.78 Å². The molecule has 8 heteroatoms. The summed E-state index contributed by atoms with van der Waals surface area (Å²) in [7, 11) is 0. The Kier molecular flexibility index (Phi) is 5.16. The van der Waals surface area contributed by atoms with E-state index in [4.69, 9.17) is 0 Å². The molecule has 0 aliphatic rings. The van der Waals surface area contributed by atoms with Gasteiger partial charge in [-0.05, 0) is 13.0 Å². The minimum atomic E-state index is -2.88. The predicted molar refractivity (Wildman–Crippen MR) is 63.2 cm³/mol. The summed E-state index contributed by atoms with van der Waals surface area (Å²) >= 11 is 0. The number of ether oxygens (including phenoxy) is 1. The van der Waals surface area contributed by atoms with Crippen molar-refractivity contribution in [2.45, 2.75) is 13.3 Å². The first-order chi connectivity index (χ1) is 8.95. The lowest BCUT2D eigenvalue weighted by Crippen LogP contribution is -2.17. The second-order valence-electron chi connectivity index (χ2n) is 3.49. The lowest BCUT2D eigenvalue weighted by Gasteiger charge is -2.10. The summed E-state index contributed by atoms with van der Waals surface area (Å²) in [5, 5.41) is 13.0. The number of nitro benzene ring substituents is 1. The Hall–Kier alpha value is -2.25. The number of carbonyl (C=O) groups is 1. The molecule has 0 bridgehead atoms. The average Bonchev–Trinajstić information content (AvgIpc) is 2.36. The molecule has 1 rings (SSSR count). The SMILES string of the molecule is CCOC(=O)CNc1ccc([N+](=O)[O-])cc1C(F)F. The molecule has 0 amide bonds. The highest BCUT2D eigenvalue weighted by Gasteiger charge is 2.18. The van der Waals surface area contributed by atoms with Crippen LogP contribution in [0.4, 0.5) is 20.2 Å². The molecule has 0 aliphatic carbocycles. The van der Waals surface area contributed by atoms with E-state index >= 15 is 0 Å². The van der Waals surface area contributed by atoms with Crippen LogP contribution in [-0.4, -0.2) is 24.0 Å². The van der Waals surface area contributed by atoms with Crippen LogP contribution < -0.4 is 5.32 Å². The van der Waals surface area contributed by atoms with Gasteiger partial charge in [0, 0.05) is 23.4 Å². The van der Waals surface area contributed by atoms with E-state index in [2.05, 4.69) is 10.1 Å². The topological polar surface area (TPSA) is 81.5 Å². The molecule has 104 valence electrons. The molecule has 0 radical (unpaired) electrons. The highest BCUT2D eigenvalue weighted by atomic mass is 19.3. The smallest absolute Gasteiger partial charge is 0.325 e. The molecular weight excluding hydrogens is 262 g/mol. The molecule has 0 fully saturated rings. The second kappa shape index (κ2) is 6.62. The lowest BCUT2D eigenvalue weighted by molar-refractivity contribution is -0.385. The van der Waals surface area contributed by atoms with Gasteiger partial charge in [-0.2, -0.15) is 0 Å². The fourth-order valence-electron chi connectivity index (χ4n) is 1.38. The number of alkyl halides is 2. The van der Waals surface area contributed by atoms with E-state index in [1.165, 1.54) is 0 Å².